The van der Waals surface area contributed by atoms with E-state index in [1.807, 2.05) is 0 Å². The van der Waals surface area contributed by atoms with Gasteiger partial charge in [-0.1, -0.05) is 0 Å². The van der Waals surface area contributed by atoms with Gasteiger partial charge in [0.2, 0.25) is 0 Å². The first-order valence-electron chi connectivity index (χ1n) is 5.41. The van der Waals surface area contributed by atoms with Crippen molar-refractivity contribution in [3.63, 3.8) is 0 Å². The number of methoxy groups -OCH3 is 1. The van der Waals surface area contributed by atoms with Gasteiger partial charge in [0.1, 0.15) is 0 Å². The first-order chi connectivity index (χ1) is 6.51. The second kappa shape index (κ2) is 5.10. The van der Waals surface area contributed by atoms with E-state index >= 15 is 0 Å². The third-order valence-corrected chi connectivity index (χ3v) is 2.35. The summed E-state index contributed by atoms with van der Waals surface area (Å²) in [7, 11) is 1.73. The normalized spacial score (nSPS) is 27.4. The highest BCUT2D eigenvalue weighted by atomic mass is 16.5. The van der Waals surface area contributed by atoms with Gasteiger partial charge in [-0.15, -0.1) is 0 Å². The van der Waals surface area contributed by atoms with Crippen molar-refractivity contribution in [2.75, 3.05) is 20.3 Å². The highest BCUT2D eigenvalue weighted by molar-refractivity contribution is 4.87. The number of rotatable bonds is 5. The first-order valence-corrected chi connectivity index (χ1v) is 5.41. The summed E-state index contributed by atoms with van der Waals surface area (Å²) in [4.78, 5) is 0. The van der Waals surface area contributed by atoms with Crippen molar-refractivity contribution in [2.45, 2.75) is 51.4 Å². The van der Waals surface area contributed by atoms with Crippen LogP contribution in [0.25, 0.3) is 0 Å². The van der Waals surface area contributed by atoms with Gasteiger partial charge in [0.05, 0.1) is 18.3 Å². The van der Waals surface area contributed by atoms with E-state index in [-0.39, 0.29) is 5.60 Å². The van der Waals surface area contributed by atoms with Crippen LogP contribution in [0.5, 0.6) is 0 Å². The molecule has 0 unspecified atom stereocenters. The summed E-state index contributed by atoms with van der Waals surface area (Å²) in [5.74, 6) is 0. The van der Waals surface area contributed by atoms with E-state index in [4.69, 9.17) is 9.47 Å². The van der Waals surface area contributed by atoms with E-state index in [9.17, 15) is 0 Å². The molecule has 0 aromatic rings. The molecule has 0 aromatic heterocycles. The molecule has 14 heavy (non-hydrogen) atoms. The Bertz CT molecular complexity index is 159. The average Bonchev–Trinajstić information content (AvgIpc) is 1.97. The van der Waals surface area contributed by atoms with Crippen LogP contribution in [0.4, 0.5) is 0 Å². The highest BCUT2D eigenvalue weighted by Gasteiger charge is 2.32. The van der Waals surface area contributed by atoms with E-state index in [2.05, 4.69) is 26.1 Å². The van der Waals surface area contributed by atoms with Crippen molar-refractivity contribution >= 4 is 0 Å². The van der Waals surface area contributed by atoms with E-state index < -0.39 is 0 Å². The van der Waals surface area contributed by atoms with Crippen LogP contribution < -0.4 is 5.32 Å². The molecule has 1 aliphatic rings. The lowest BCUT2D eigenvalue weighted by molar-refractivity contribution is -0.102. The minimum atomic E-state index is 0.00215. The van der Waals surface area contributed by atoms with Crippen LogP contribution in [0, 0.1) is 0 Å². The minimum absolute atomic E-state index is 0.00215. The molecule has 0 atom stereocenters. The maximum atomic E-state index is 5.84. The molecule has 1 rings (SSSR count). The fourth-order valence-corrected chi connectivity index (χ4v) is 1.69. The van der Waals surface area contributed by atoms with E-state index in [0.29, 0.717) is 12.1 Å². The smallest absolute Gasteiger partial charge is 0.0612 e. The summed E-state index contributed by atoms with van der Waals surface area (Å²) in [6.45, 7) is 8.07. The second-order valence-electron chi connectivity index (χ2n) is 4.97. The predicted molar refractivity (Wildman–Crippen MR) is 57.5 cm³/mol. The Morgan fingerprint density at radius 1 is 1.29 bits per heavy atom. The molecule has 1 N–H and O–H groups in total. The second-order valence-corrected chi connectivity index (χ2v) is 4.97. The number of nitrogens with one attached hydrogen (secondary N) is 1. The van der Waals surface area contributed by atoms with Crippen molar-refractivity contribution in [1.29, 1.82) is 0 Å². The summed E-state index contributed by atoms with van der Waals surface area (Å²) in [5.41, 5.74) is 0.00215. The van der Waals surface area contributed by atoms with Gasteiger partial charge in [0.15, 0.2) is 0 Å². The molecular formula is C11H23NO2. The van der Waals surface area contributed by atoms with Crippen LogP contribution in [0.3, 0.4) is 0 Å². The Balaban J connectivity index is 2.00. The largest absolute Gasteiger partial charge is 0.383 e. The Kier molecular flexibility index (Phi) is 4.35. The average molecular weight is 201 g/mol. The molecule has 84 valence electrons. The van der Waals surface area contributed by atoms with Gasteiger partial charge in [-0.05, 0) is 33.6 Å². The van der Waals surface area contributed by atoms with Crippen LogP contribution in [0.1, 0.15) is 33.6 Å². The van der Waals surface area contributed by atoms with Crippen molar-refractivity contribution < 1.29 is 9.47 Å². The third kappa shape index (κ3) is 4.40. The summed E-state index contributed by atoms with van der Waals surface area (Å²) in [6.07, 6.45) is 2.73. The maximum Gasteiger partial charge on any atom is 0.0612 e. The lowest BCUT2D eigenvalue weighted by atomic mass is 9.88. The van der Waals surface area contributed by atoms with Crippen LogP contribution in [0.15, 0.2) is 0 Å². The molecule has 0 spiro atoms. The molecule has 0 amide bonds. The van der Waals surface area contributed by atoms with Crippen molar-refractivity contribution in [3.8, 4) is 0 Å². The van der Waals surface area contributed by atoms with Gasteiger partial charge in [-0.2, -0.15) is 0 Å². The third-order valence-electron chi connectivity index (χ3n) is 2.35. The van der Waals surface area contributed by atoms with Crippen molar-refractivity contribution in [2.24, 2.45) is 0 Å². The Hall–Kier alpha value is -0.120. The predicted octanol–water partition coefficient (Wildman–Crippen LogP) is 1.57. The summed E-state index contributed by atoms with van der Waals surface area (Å²) < 4.78 is 10.8. The Morgan fingerprint density at radius 2 is 1.93 bits per heavy atom. The monoisotopic (exact) mass is 201 g/mol. The zero-order valence-electron chi connectivity index (χ0n) is 9.80. The first kappa shape index (κ1) is 12.0. The van der Waals surface area contributed by atoms with Gasteiger partial charge in [-0.3, -0.25) is 0 Å². The zero-order chi connectivity index (χ0) is 10.6. The molecule has 0 aromatic carbocycles. The number of hydrogen-bond donors (Lipinski definition) is 1. The molecule has 3 heteroatoms. The molecule has 1 saturated carbocycles. The maximum absolute atomic E-state index is 5.84. The summed E-state index contributed by atoms with van der Waals surface area (Å²) in [6, 6.07) is 0.637. The standard InChI is InChI=1S/C11H23NO2/c1-11(2,3)14-10-7-9(8-10)12-5-6-13-4/h9-10,12H,5-8H2,1-4H3. The fourth-order valence-electron chi connectivity index (χ4n) is 1.69. The van der Waals surface area contributed by atoms with E-state index in [1.165, 1.54) is 0 Å². The van der Waals surface area contributed by atoms with Crippen LogP contribution in [-0.2, 0) is 9.47 Å². The molecule has 1 fully saturated rings. The van der Waals surface area contributed by atoms with Gasteiger partial charge in [0, 0.05) is 19.7 Å². The molecule has 0 bridgehead atoms. The number of hydrogen-bond acceptors (Lipinski definition) is 3. The fraction of sp³-hybridized carbons (Fsp3) is 1.00. The SMILES string of the molecule is COCCNC1CC(OC(C)(C)C)C1. The van der Waals surface area contributed by atoms with Crippen LogP contribution in [0.2, 0.25) is 0 Å². The lowest BCUT2D eigenvalue weighted by Crippen LogP contribution is -2.48. The van der Waals surface area contributed by atoms with Crippen LogP contribution in [-0.4, -0.2) is 38.0 Å². The van der Waals surface area contributed by atoms with Gasteiger partial charge >= 0.3 is 0 Å². The molecule has 3 nitrogen and oxygen atoms in total. The molecular weight excluding hydrogens is 178 g/mol. The molecule has 0 saturated heterocycles. The molecule has 0 heterocycles. The van der Waals surface area contributed by atoms with Crippen molar-refractivity contribution in [3.05, 3.63) is 0 Å². The van der Waals surface area contributed by atoms with Gasteiger partial charge in [0.25, 0.3) is 0 Å². The zero-order valence-corrected chi connectivity index (χ0v) is 9.80. The van der Waals surface area contributed by atoms with Gasteiger partial charge in [-0.25, -0.2) is 0 Å². The van der Waals surface area contributed by atoms with Crippen LogP contribution >= 0.6 is 0 Å². The lowest BCUT2D eigenvalue weighted by Gasteiger charge is -2.39. The summed E-state index contributed by atoms with van der Waals surface area (Å²) in [5, 5.41) is 3.43. The highest BCUT2D eigenvalue weighted by Crippen LogP contribution is 2.27. The topological polar surface area (TPSA) is 30.5 Å². The minimum Gasteiger partial charge on any atom is -0.383 e. The van der Waals surface area contributed by atoms with Crippen molar-refractivity contribution in [1.82, 2.24) is 5.32 Å². The van der Waals surface area contributed by atoms with Gasteiger partial charge < -0.3 is 14.8 Å². The number of ether oxygens (including phenoxy) is 2. The quantitative estimate of drug-likeness (QED) is 0.685. The molecule has 1 aliphatic carbocycles. The molecule has 0 aliphatic heterocycles. The Morgan fingerprint density at radius 3 is 2.43 bits per heavy atom. The van der Waals surface area contributed by atoms with E-state index in [0.717, 1.165) is 26.0 Å². The Labute approximate surface area is 87.2 Å². The summed E-state index contributed by atoms with van der Waals surface area (Å²) >= 11 is 0. The molecule has 0 radical (unpaired) electrons. The van der Waals surface area contributed by atoms with E-state index in [1.54, 1.807) is 7.11 Å².